The number of hydrogen-bond acceptors (Lipinski definition) is 4. The number of fused-ring (bicyclic) bond motifs is 2. The van der Waals surface area contributed by atoms with Gasteiger partial charge >= 0.3 is 0 Å². The number of amides is 2. The van der Waals surface area contributed by atoms with Crippen LogP contribution in [0.5, 0.6) is 0 Å². The van der Waals surface area contributed by atoms with Gasteiger partial charge in [-0.3, -0.25) is 14.5 Å². The predicted molar refractivity (Wildman–Crippen MR) is 79.1 cm³/mol. The lowest BCUT2D eigenvalue weighted by Crippen LogP contribution is -2.51. The highest BCUT2D eigenvalue weighted by Gasteiger charge is 2.49. The van der Waals surface area contributed by atoms with E-state index >= 15 is 0 Å². The summed E-state index contributed by atoms with van der Waals surface area (Å²) < 4.78 is 0. The third-order valence-corrected chi connectivity index (χ3v) is 5.60. The fourth-order valence-electron chi connectivity index (χ4n) is 4.48. The van der Waals surface area contributed by atoms with Crippen LogP contribution in [0.2, 0.25) is 0 Å². The Hall–Kier alpha value is -1.14. The molecule has 0 aromatic heterocycles. The average Bonchev–Trinajstić information content (AvgIpc) is 3.01. The molecule has 3 rings (SSSR count). The summed E-state index contributed by atoms with van der Waals surface area (Å²) in [7, 11) is 0. The quantitative estimate of drug-likeness (QED) is 0.646. The number of nitrogens with two attached hydrogens (primary N) is 2. The van der Waals surface area contributed by atoms with Crippen LogP contribution in [0.3, 0.4) is 0 Å². The molecule has 4 unspecified atom stereocenters. The van der Waals surface area contributed by atoms with Crippen LogP contribution in [0.15, 0.2) is 0 Å². The van der Waals surface area contributed by atoms with Crippen LogP contribution in [0.1, 0.15) is 32.1 Å². The number of rotatable bonds is 4. The van der Waals surface area contributed by atoms with Crippen LogP contribution in [0.25, 0.3) is 0 Å². The summed E-state index contributed by atoms with van der Waals surface area (Å²) in [4.78, 5) is 25.5. The Balaban J connectivity index is 1.47. The van der Waals surface area contributed by atoms with Crippen molar-refractivity contribution >= 4 is 11.8 Å². The molecule has 4 atom stereocenters. The summed E-state index contributed by atoms with van der Waals surface area (Å²) in [5.41, 5.74) is 11.4. The molecular formula is C15H26N4O2. The molecule has 3 fully saturated rings. The normalized spacial score (nSPS) is 36.8. The minimum Gasteiger partial charge on any atom is -0.369 e. The van der Waals surface area contributed by atoms with Gasteiger partial charge in [-0.25, -0.2) is 0 Å². The van der Waals surface area contributed by atoms with Crippen molar-refractivity contribution in [1.29, 1.82) is 0 Å². The highest BCUT2D eigenvalue weighted by Crippen LogP contribution is 2.47. The standard InChI is InChI=1S/C15H26N4O2/c16-12(20)8-19-5-3-11(4-6-19)18-15(21)13-9-1-2-10(7-9)14(13)17/h9-11,13-14H,1-8,17H2,(H2,16,20)(H,18,21). The van der Waals surface area contributed by atoms with Gasteiger partial charge in [-0.1, -0.05) is 0 Å². The number of nitrogens with one attached hydrogen (secondary N) is 1. The third-order valence-electron chi connectivity index (χ3n) is 5.60. The first-order chi connectivity index (χ1) is 10.0. The van der Waals surface area contributed by atoms with Gasteiger partial charge in [0.05, 0.1) is 12.5 Å². The Kier molecular flexibility index (Phi) is 4.17. The molecule has 6 heteroatoms. The SMILES string of the molecule is NC(=O)CN1CCC(NC(=O)C2C3CCC(C3)C2N)CC1. The highest BCUT2D eigenvalue weighted by molar-refractivity contribution is 5.80. The van der Waals surface area contributed by atoms with E-state index in [2.05, 4.69) is 5.32 Å². The van der Waals surface area contributed by atoms with E-state index in [4.69, 9.17) is 11.5 Å². The first kappa shape index (κ1) is 14.8. The summed E-state index contributed by atoms with van der Waals surface area (Å²) >= 11 is 0. The molecule has 0 aromatic carbocycles. The van der Waals surface area contributed by atoms with Gasteiger partial charge in [-0.05, 0) is 43.9 Å². The van der Waals surface area contributed by atoms with Gasteiger partial charge < -0.3 is 16.8 Å². The van der Waals surface area contributed by atoms with Crippen molar-refractivity contribution in [3.63, 3.8) is 0 Å². The fourth-order valence-corrected chi connectivity index (χ4v) is 4.48. The molecule has 2 saturated carbocycles. The molecule has 1 saturated heterocycles. The van der Waals surface area contributed by atoms with Crippen molar-refractivity contribution in [2.45, 2.75) is 44.2 Å². The molecule has 1 heterocycles. The van der Waals surface area contributed by atoms with Crippen LogP contribution in [0.4, 0.5) is 0 Å². The Labute approximate surface area is 125 Å². The molecular weight excluding hydrogens is 268 g/mol. The Bertz CT molecular complexity index is 418. The summed E-state index contributed by atoms with van der Waals surface area (Å²) in [6, 6.07) is 0.270. The molecule has 0 radical (unpaired) electrons. The Morgan fingerprint density at radius 3 is 2.33 bits per heavy atom. The number of carbonyl (C=O) groups is 2. The summed E-state index contributed by atoms with van der Waals surface area (Å²) in [5, 5.41) is 3.19. The van der Waals surface area contributed by atoms with E-state index in [0.29, 0.717) is 18.4 Å². The molecule has 118 valence electrons. The van der Waals surface area contributed by atoms with Crippen LogP contribution >= 0.6 is 0 Å². The molecule has 2 amide bonds. The fraction of sp³-hybridized carbons (Fsp3) is 0.867. The van der Waals surface area contributed by atoms with Gasteiger partial charge in [0, 0.05) is 25.2 Å². The van der Waals surface area contributed by atoms with Crippen molar-refractivity contribution in [2.24, 2.45) is 29.2 Å². The molecule has 0 aromatic rings. The van der Waals surface area contributed by atoms with E-state index in [0.717, 1.165) is 38.8 Å². The predicted octanol–water partition coefficient (Wildman–Crippen LogP) is -0.574. The number of likely N-dealkylation sites (tertiary alicyclic amines) is 1. The molecule has 1 aliphatic heterocycles. The molecule has 0 spiro atoms. The van der Waals surface area contributed by atoms with Crippen LogP contribution in [-0.2, 0) is 9.59 Å². The van der Waals surface area contributed by atoms with Gasteiger partial charge in [0.25, 0.3) is 0 Å². The average molecular weight is 294 g/mol. The topological polar surface area (TPSA) is 101 Å². The number of primary amides is 1. The maximum atomic E-state index is 12.5. The second kappa shape index (κ2) is 5.93. The second-order valence-electron chi connectivity index (χ2n) is 6.96. The number of hydrogen-bond donors (Lipinski definition) is 3. The van der Waals surface area contributed by atoms with E-state index < -0.39 is 0 Å². The van der Waals surface area contributed by atoms with E-state index in [9.17, 15) is 9.59 Å². The van der Waals surface area contributed by atoms with E-state index in [1.54, 1.807) is 0 Å². The molecule has 2 aliphatic carbocycles. The van der Waals surface area contributed by atoms with Crippen LogP contribution in [0, 0.1) is 17.8 Å². The minimum atomic E-state index is -0.287. The van der Waals surface area contributed by atoms with Gasteiger partial charge in [-0.15, -0.1) is 0 Å². The van der Waals surface area contributed by atoms with Gasteiger partial charge in [0.15, 0.2) is 0 Å². The van der Waals surface area contributed by atoms with Crippen LogP contribution < -0.4 is 16.8 Å². The van der Waals surface area contributed by atoms with Crippen molar-refractivity contribution < 1.29 is 9.59 Å². The van der Waals surface area contributed by atoms with Crippen LogP contribution in [-0.4, -0.2) is 48.4 Å². The number of nitrogens with zero attached hydrogens (tertiary/aromatic N) is 1. The first-order valence-corrected chi connectivity index (χ1v) is 8.11. The van der Waals surface area contributed by atoms with Gasteiger partial charge in [0.1, 0.15) is 0 Å². The smallest absolute Gasteiger partial charge is 0.231 e. The molecule has 6 nitrogen and oxygen atoms in total. The Morgan fingerprint density at radius 1 is 1.10 bits per heavy atom. The van der Waals surface area contributed by atoms with Gasteiger partial charge in [0.2, 0.25) is 11.8 Å². The first-order valence-electron chi connectivity index (χ1n) is 8.11. The van der Waals surface area contributed by atoms with Crippen molar-refractivity contribution in [2.75, 3.05) is 19.6 Å². The van der Waals surface area contributed by atoms with E-state index in [1.807, 2.05) is 4.90 Å². The largest absolute Gasteiger partial charge is 0.369 e. The lowest BCUT2D eigenvalue weighted by molar-refractivity contribution is -0.128. The zero-order valence-electron chi connectivity index (χ0n) is 12.5. The van der Waals surface area contributed by atoms with E-state index in [1.165, 1.54) is 6.42 Å². The lowest BCUT2D eigenvalue weighted by Gasteiger charge is -2.34. The maximum Gasteiger partial charge on any atom is 0.231 e. The van der Waals surface area contributed by atoms with Gasteiger partial charge in [-0.2, -0.15) is 0 Å². The zero-order chi connectivity index (χ0) is 15.0. The molecule has 2 bridgehead atoms. The summed E-state index contributed by atoms with van der Waals surface area (Å²) in [6.07, 6.45) is 5.26. The van der Waals surface area contributed by atoms with Crippen molar-refractivity contribution in [3.8, 4) is 0 Å². The van der Waals surface area contributed by atoms with Crippen molar-refractivity contribution in [3.05, 3.63) is 0 Å². The highest BCUT2D eigenvalue weighted by atomic mass is 16.2. The molecule has 5 N–H and O–H groups in total. The maximum absolute atomic E-state index is 12.5. The molecule has 21 heavy (non-hydrogen) atoms. The number of piperidine rings is 1. The second-order valence-corrected chi connectivity index (χ2v) is 6.96. The minimum absolute atomic E-state index is 0.0207. The monoisotopic (exact) mass is 294 g/mol. The van der Waals surface area contributed by atoms with Crippen molar-refractivity contribution in [1.82, 2.24) is 10.2 Å². The summed E-state index contributed by atoms with van der Waals surface area (Å²) in [6.45, 7) is 1.95. The number of carbonyl (C=O) groups excluding carboxylic acids is 2. The Morgan fingerprint density at radius 2 is 1.76 bits per heavy atom. The zero-order valence-corrected chi connectivity index (χ0v) is 12.5. The third kappa shape index (κ3) is 3.06. The molecule has 3 aliphatic rings. The van der Waals surface area contributed by atoms with E-state index in [-0.39, 0.29) is 29.8 Å². The summed E-state index contributed by atoms with van der Waals surface area (Å²) in [5.74, 6) is 0.948. The lowest BCUT2D eigenvalue weighted by atomic mass is 9.84.